The van der Waals surface area contributed by atoms with E-state index in [4.69, 9.17) is 11.5 Å². The van der Waals surface area contributed by atoms with E-state index < -0.39 is 59.7 Å². The van der Waals surface area contributed by atoms with Crippen LogP contribution in [0.1, 0.15) is 52.5 Å². The van der Waals surface area contributed by atoms with Crippen molar-refractivity contribution in [2.24, 2.45) is 23.3 Å². The normalized spacial score (nSPS) is 14.4. The van der Waals surface area contributed by atoms with Crippen molar-refractivity contribution in [3.05, 3.63) is 35.9 Å². The molecule has 8 N–H and O–H groups in total. The summed E-state index contributed by atoms with van der Waals surface area (Å²) in [4.78, 5) is 61.8. The van der Waals surface area contributed by atoms with Crippen LogP contribution in [-0.4, -0.2) is 58.9 Å². The first-order valence-electron chi connectivity index (χ1n) is 12.0. The summed E-state index contributed by atoms with van der Waals surface area (Å²) in [7, 11) is 0. The number of aliphatic carboxylic acids is 1. The van der Waals surface area contributed by atoms with Gasteiger partial charge in [-0.25, -0.2) is 4.79 Å². The van der Waals surface area contributed by atoms with E-state index in [9.17, 15) is 29.1 Å². The van der Waals surface area contributed by atoms with Crippen LogP contribution >= 0.6 is 0 Å². The molecule has 0 spiro atoms. The first-order valence-corrected chi connectivity index (χ1v) is 12.0. The highest BCUT2D eigenvalue weighted by Gasteiger charge is 2.31. The van der Waals surface area contributed by atoms with E-state index in [1.54, 1.807) is 44.2 Å². The van der Waals surface area contributed by atoms with Gasteiger partial charge in [0.25, 0.3) is 0 Å². The molecule has 0 radical (unpaired) electrons. The Morgan fingerprint density at radius 1 is 0.861 bits per heavy atom. The van der Waals surface area contributed by atoms with Gasteiger partial charge in [-0.2, -0.15) is 0 Å². The molecule has 1 aromatic carbocycles. The molecule has 11 nitrogen and oxygen atoms in total. The number of primary amides is 1. The highest BCUT2D eigenvalue weighted by Crippen LogP contribution is 2.09. The summed E-state index contributed by atoms with van der Waals surface area (Å²) in [6.07, 6.45) is 0.194. The van der Waals surface area contributed by atoms with Gasteiger partial charge in [-0.3, -0.25) is 19.2 Å². The minimum Gasteiger partial charge on any atom is -0.480 e. The lowest BCUT2D eigenvalue weighted by atomic mass is 10.0. The molecule has 0 aliphatic carbocycles. The molecule has 4 atom stereocenters. The fourth-order valence-corrected chi connectivity index (χ4v) is 3.55. The van der Waals surface area contributed by atoms with E-state index in [-0.39, 0.29) is 25.2 Å². The number of nitrogens with two attached hydrogens (primary N) is 2. The monoisotopic (exact) mass is 505 g/mol. The number of carbonyl (C=O) groups excluding carboxylic acids is 4. The van der Waals surface area contributed by atoms with Gasteiger partial charge < -0.3 is 32.5 Å². The first-order chi connectivity index (χ1) is 16.8. The van der Waals surface area contributed by atoms with Crippen molar-refractivity contribution in [2.75, 3.05) is 0 Å². The van der Waals surface area contributed by atoms with Crippen LogP contribution in [0.3, 0.4) is 0 Å². The van der Waals surface area contributed by atoms with Gasteiger partial charge in [0.2, 0.25) is 23.6 Å². The number of hydrogen-bond donors (Lipinski definition) is 6. The molecule has 200 valence electrons. The lowest BCUT2D eigenvalue weighted by Gasteiger charge is -2.26. The van der Waals surface area contributed by atoms with Gasteiger partial charge in [0, 0.05) is 12.8 Å². The maximum atomic E-state index is 13.2. The summed E-state index contributed by atoms with van der Waals surface area (Å²) < 4.78 is 0. The average molecular weight is 506 g/mol. The molecular weight excluding hydrogens is 466 g/mol. The van der Waals surface area contributed by atoms with Crippen molar-refractivity contribution in [1.29, 1.82) is 0 Å². The van der Waals surface area contributed by atoms with E-state index >= 15 is 0 Å². The van der Waals surface area contributed by atoms with Crippen LogP contribution in [0.5, 0.6) is 0 Å². The summed E-state index contributed by atoms with van der Waals surface area (Å²) in [5.41, 5.74) is 11.9. The van der Waals surface area contributed by atoms with Crippen LogP contribution in [-0.2, 0) is 30.4 Å². The molecule has 4 amide bonds. The zero-order chi connectivity index (χ0) is 27.4. The molecule has 4 unspecified atom stereocenters. The Morgan fingerprint density at radius 3 is 1.92 bits per heavy atom. The molecule has 0 heterocycles. The number of rotatable bonds is 15. The number of hydrogen-bond acceptors (Lipinski definition) is 6. The Hall–Kier alpha value is -3.47. The molecule has 1 aromatic rings. The third-order valence-electron chi connectivity index (χ3n) is 5.52. The standard InChI is InChI=1S/C25H39N5O6/c1-14(2)12-17(26)22(32)28-18(10-11-20(27)31)23(33)29-19(13-16-8-6-5-7-9-16)24(34)30-21(15(3)4)25(35)36/h5-9,14-15,17-19,21H,10-13,26H2,1-4H3,(H2,27,31)(H,28,32)(H,29,33)(H,30,34)(H,35,36). The van der Waals surface area contributed by atoms with E-state index in [0.29, 0.717) is 6.42 Å². The molecule has 36 heavy (non-hydrogen) atoms. The van der Waals surface area contributed by atoms with Crippen LogP contribution in [0.25, 0.3) is 0 Å². The molecule has 11 heteroatoms. The number of carbonyl (C=O) groups is 5. The molecule has 1 rings (SSSR count). The van der Waals surface area contributed by atoms with Crippen LogP contribution in [0.15, 0.2) is 30.3 Å². The first kappa shape index (κ1) is 30.6. The predicted molar refractivity (Wildman–Crippen MR) is 134 cm³/mol. The van der Waals surface area contributed by atoms with E-state index in [2.05, 4.69) is 16.0 Å². The minimum absolute atomic E-state index is 0.0756. The second-order valence-corrected chi connectivity index (χ2v) is 9.62. The Bertz CT molecular complexity index is 905. The SMILES string of the molecule is CC(C)CC(N)C(=O)NC(CCC(N)=O)C(=O)NC(Cc1ccccc1)C(=O)NC(C(=O)O)C(C)C. The Morgan fingerprint density at radius 2 is 1.42 bits per heavy atom. The average Bonchev–Trinajstić information content (AvgIpc) is 2.78. The third kappa shape index (κ3) is 10.9. The van der Waals surface area contributed by atoms with Crippen LogP contribution in [0.2, 0.25) is 0 Å². The summed E-state index contributed by atoms with van der Waals surface area (Å²) in [6, 6.07) is 4.53. The Balaban J connectivity index is 3.13. The highest BCUT2D eigenvalue weighted by molar-refractivity contribution is 5.94. The second-order valence-electron chi connectivity index (χ2n) is 9.62. The predicted octanol–water partition coefficient (Wildman–Crippen LogP) is 0.0630. The fourth-order valence-electron chi connectivity index (χ4n) is 3.55. The summed E-state index contributed by atoms with van der Waals surface area (Å²) in [5.74, 6) is -4.08. The van der Waals surface area contributed by atoms with E-state index in [1.807, 2.05) is 13.8 Å². The molecule has 0 fully saturated rings. The molecule has 0 bridgehead atoms. The van der Waals surface area contributed by atoms with Crippen LogP contribution in [0.4, 0.5) is 0 Å². The number of carboxylic acids is 1. The lowest BCUT2D eigenvalue weighted by molar-refractivity contribution is -0.143. The van der Waals surface area contributed by atoms with Gasteiger partial charge in [-0.05, 0) is 30.2 Å². The molecular formula is C25H39N5O6. The largest absolute Gasteiger partial charge is 0.480 e. The third-order valence-corrected chi connectivity index (χ3v) is 5.52. The second kappa shape index (κ2) is 14.8. The van der Waals surface area contributed by atoms with Crippen molar-refractivity contribution >= 4 is 29.6 Å². The van der Waals surface area contributed by atoms with Crippen molar-refractivity contribution in [3.63, 3.8) is 0 Å². The van der Waals surface area contributed by atoms with Gasteiger partial charge in [0.05, 0.1) is 6.04 Å². The molecule has 0 aliphatic heterocycles. The highest BCUT2D eigenvalue weighted by atomic mass is 16.4. The van der Waals surface area contributed by atoms with Crippen molar-refractivity contribution in [2.45, 2.75) is 77.5 Å². The topological polar surface area (TPSA) is 194 Å². The van der Waals surface area contributed by atoms with Crippen LogP contribution < -0.4 is 27.4 Å². The zero-order valence-corrected chi connectivity index (χ0v) is 21.3. The zero-order valence-electron chi connectivity index (χ0n) is 21.3. The summed E-state index contributed by atoms with van der Waals surface area (Å²) in [6.45, 7) is 7.11. The van der Waals surface area contributed by atoms with Crippen molar-refractivity contribution in [3.8, 4) is 0 Å². The molecule has 0 saturated carbocycles. The van der Waals surface area contributed by atoms with E-state index in [0.717, 1.165) is 5.56 Å². The Labute approximate surface area is 211 Å². The molecule has 0 aliphatic rings. The number of nitrogens with one attached hydrogen (secondary N) is 3. The van der Waals surface area contributed by atoms with Crippen LogP contribution in [0, 0.1) is 11.8 Å². The molecule has 0 aromatic heterocycles. The number of carboxylic acid groups (broad SMARTS) is 1. The van der Waals surface area contributed by atoms with E-state index in [1.165, 1.54) is 0 Å². The van der Waals surface area contributed by atoms with Crippen molar-refractivity contribution < 1.29 is 29.1 Å². The quantitative estimate of drug-likeness (QED) is 0.194. The van der Waals surface area contributed by atoms with Crippen molar-refractivity contribution in [1.82, 2.24) is 16.0 Å². The summed E-state index contributed by atoms with van der Waals surface area (Å²) in [5, 5.41) is 17.1. The van der Waals surface area contributed by atoms with Gasteiger partial charge in [-0.1, -0.05) is 58.0 Å². The van der Waals surface area contributed by atoms with Gasteiger partial charge in [0.15, 0.2) is 0 Å². The smallest absolute Gasteiger partial charge is 0.326 e. The number of benzene rings is 1. The van der Waals surface area contributed by atoms with Gasteiger partial charge in [0.1, 0.15) is 18.1 Å². The fraction of sp³-hybridized carbons (Fsp3) is 0.560. The maximum absolute atomic E-state index is 13.2. The summed E-state index contributed by atoms with van der Waals surface area (Å²) >= 11 is 0. The Kier molecular flexibility index (Phi) is 12.6. The van der Waals surface area contributed by atoms with Gasteiger partial charge >= 0.3 is 5.97 Å². The molecule has 0 saturated heterocycles. The minimum atomic E-state index is -1.20. The maximum Gasteiger partial charge on any atom is 0.326 e. The lowest BCUT2D eigenvalue weighted by Crippen LogP contribution is -2.58. The van der Waals surface area contributed by atoms with Gasteiger partial charge in [-0.15, -0.1) is 0 Å². The number of amides is 4.